The van der Waals surface area contributed by atoms with Gasteiger partial charge in [-0.15, -0.1) is 0 Å². The van der Waals surface area contributed by atoms with E-state index in [0.717, 1.165) is 29.0 Å². The maximum atomic E-state index is 10.9. The van der Waals surface area contributed by atoms with Gasteiger partial charge in [-0.05, 0) is 30.3 Å². The maximum Gasteiger partial charge on any atom is 0.150 e. The molecular formula is C17H19NO3. The molecule has 0 radical (unpaired) electrons. The van der Waals surface area contributed by atoms with E-state index in [-0.39, 0.29) is 0 Å². The second-order valence-electron chi connectivity index (χ2n) is 4.72. The average Bonchev–Trinajstić information content (AvgIpc) is 2.54. The second kappa shape index (κ2) is 6.79. The Labute approximate surface area is 124 Å². The summed E-state index contributed by atoms with van der Waals surface area (Å²) in [5, 5.41) is 0. The number of aldehydes is 1. The van der Waals surface area contributed by atoms with Gasteiger partial charge in [-0.2, -0.15) is 0 Å². The molecule has 0 saturated heterocycles. The van der Waals surface area contributed by atoms with Crippen LogP contribution in [-0.2, 0) is 6.54 Å². The third-order valence-corrected chi connectivity index (χ3v) is 3.34. The topological polar surface area (TPSA) is 38.8 Å². The summed E-state index contributed by atoms with van der Waals surface area (Å²) < 4.78 is 10.7. The quantitative estimate of drug-likeness (QED) is 0.764. The third kappa shape index (κ3) is 3.34. The number of hydrogen-bond donors (Lipinski definition) is 0. The van der Waals surface area contributed by atoms with Gasteiger partial charge in [0.15, 0.2) is 0 Å². The molecule has 110 valence electrons. The Balaban J connectivity index is 2.30. The molecule has 0 aliphatic heterocycles. The van der Waals surface area contributed by atoms with Gasteiger partial charge < -0.3 is 14.4 Å². The molecular weight excluding hydrogens is 266 g/mol. The van der Waals surface area contributed by atoms with Crippen molar-refractivity contribution in [2.45, 2.75) is 6.54 Å². The van der Waals surface area contributed by atoms with Crippen molar-refractivity contribution >= 4 is 12.0 Å². The summed E-state index contributed by atoms with van der Waals surface area (Å²) in [5.41, 5.74) is 2.58. The molecule has 0 aliphatic rings. The summed E-state index contributed by atoms with van der Waals surface area (Å²) in [4.78, 5) is 13.0. The van der Waals surface area contributed by atoms with Crippen molar-refractivity contribution in [1.82, 2.24) is 0 Å². The Bertz CT molecular complexity index is 625. The number of methoxy groups -OCH3 is 2. The molecule has 2 aromatic rings. The molecule has 0 fully saturated rings. The predicted octanol–water partition coefficient (Wildman–Crippen LogP) is 3.15. The molecule has 0 bridgehead atoms. The molecule has 0 spiro atoms. The number of anilines is 1. The normalized spacial score (nSPS) is 10.0. The van der Waals surface area contributed by atoms with E-state index < -0.39 is 0 Å². The molecule has 2 rings (SSSR count). The molecule has 0 atom stereocenters. The van der Waals surface area contributed by atoms with Gasteiger partial charge in [-0.1, -0.05) is 12.1 Å². The fraction of sp³-hybridized carbons (Fsp3) is 0.235. The number of carbonyl (C=O) groups excluding carboxylic acids is 1. The number of benzene rings is 2. The molecule has 21 heavy (non-hydrogen) atoms. The summed E-state index contributed by atoms with van der Waals surface area (Å²) in [6.07, 6.45) is 0.839. The lowest BCUT2D eigenvalue weighted by Gasteiger charge is -2.23. The fourth-order valence-electron chi connectivity index (χ4n) is 2.28. The number of rotatable bonds is 6. The van der Waals surface area contributed by atoms with Gasteiger partial charge in [0.1, 0.15) is 17.8 Å². The van der Waals surface area contributed by atoms with Crippen LogP contribution in [0.15, 0.2) is 42.5 Å². The molecule has 0 saturated carbocycles. The van der Waals surface area contributed by atoms with Crippen LogP contribution >= 0.6 is 0 Å². The van der Waals surface area contributed by atoms with Crippen LogP contribution in [0.5, 0.6) is 11.5 Å². The zero-order valence-corrected chi connectivity index (χ0v) is 12.5. The van der Waals surface area contributed by atoms with Gasteiger partial charge in [0.05, 0.1) is 19.9 Å². The van der Waals surface area contributed by atoms with Crippen molar-refractivity contribution < 1.29 is 14.3 Å². The maximum absolute atomic E-state index is 10.9. The molecule has 0 amide bonds. The van der Waals surface area contributed by atoms with E-state index in [4.69, 9.17) is 9.47 Å². The number of ether oxygens (including phenoxy) is 2. The van der Waals surface area contributed by atoms with Crippen LogP contribution < -0.4 is 14.4 Å². The van der Waals surface area contributed by atoms with Gasteiger partial charge in [-0.25, -0.2) is 0 Å². The molecule has 2 aromatic carbocycles. The first-order chi connectivity index (χ1) is 10.2. The minimum Gasteiger partial charge on any atom is -0.496 e. The lowest BCUT2D eigenvalue weighted by atomic mass is 10.1. The van der Waals surface area contributed by atoms with E-state index in [1.54, 1.807) is 20.3 Å². The van der Waals surface area contributed by atoms with Crippen molar-refractivity contribution in [3.8, 4) is 11.5 Å². The summed E-state index contributed by atoms with van der Waals surface area (Å²) >= 11 is 0. The zero-order valence-electron chi connectivity index (χ0n) is 12.5. The largest absolute Gasteiger partial charge is 0.496 e. The molecule has 4 heteroatoms. The van der Waals surface area contributed by atoms with Crippen LogP contribution in [0.3, 0.4) is 0 Å². The molecule has 0 unspecified atom stereocenters. The SMILES string of the molecule is COc1ccc(C=O)cc1CN(C)c1ccccc1OC. The van der Waals surface area contributed by atoms with Crippen LogP contribution in [0.4, 0.5) is 5.69 Å². The number of nitrogens with zero attached hydrogens (tertiary/aromatic N) is 1. The Morgan fingerprint density at radius 3 is 2.43 bits per heavy atom. The van der Waals surface area contributed by atoms with Crippen molar-refractivity contribution in [2.24, 2.45) is 0 Å². The van der Waals surface area contributed by atoms with Gasteiger partial charge in [0.25, 0.3) is 0 Å². The van der Waals surface area contributed by atoms with Crippen molar-refractivity contribution in [2.75, 3.05) is 26.2 Å². The van der Waals surface area contributed by atoms with Crippen molar-refractivity contribution in [3.05, 3.63) is 53.6 Å². The predicted molar refractivity (Wildman–Crippen MR) is 83.5 cm³/mol. The van der Waals surface area contributed by atoms with E-state index in [9.17, 15) is 4.79 Å². The summed E-state index contributed by atoms with van der Waals surface area (Å²) in [6, 6.07) is 13.2. The first-order valence-corrected chi connectivity index (χ1v) is 6.66. The lowest BCUT2D eigenvalue weighted by Crippen LogP contribution is -2.17. The lowest BCUT2D eigenvalue weighted by molar-refractivity contribution is 0.112. The highest BCUT2D eigenvalue weighted by molar-refractivity contribution is 5.75. The monoisotopic (exact) mass is 285 g/mol. The van der Waals surface area contributed by atoms with Gasteiger partial charge in [0.2, 0.25) is 0 Å². The van der Waals surface area contributed by atoms with E-state index in [0.29, 0.717) is 12.1 Å². The van der Waals surface area contributed by atoms with Gasteiger partial charge >= 0.3 is 0 Å². The highest BCUT2D eigenvalue weighted by Gasteiger charge is 2.11. The van der Waals surface area contributed by atoms with Gasteiger partial charge in [-0.3, -0.25) is 4.79 Å². The Kier molecular flexibility index (Phi) is 4.82. The summed E-state index contributed by atoms with van der Waals surface area (Å²) in [6.45, 7) is 0.616. The Morgan fingerprint density at radius 2 is 1.76 bits per heavy atom. The van der Waals surface area contributed by atoms with Crippen molar-refractivity contribution in [3.63, 3.8) is 0 Å². The fourth-order valence-corrected chi connectivity index (χ4v) is 2.28. The van der Waals surface area contributed by atoms with Gasteiger partial charge in [0, 0.05) is 24.7 Å². The number of para-hydroxylation sites is 2. The van der Waals surface area contributed by atoms with Crippen LogP contribution in [0.1, 0.15) is 15.9 Å². The van der Waals surface area contributed by atoms with E-state index in [2.05, 4.69) is 4.90 Å². The molecule has 0 aromatic heterocycles. The Morgan fingerprint density at radius 1 is 1.05 bits per heavy atom. The van der Waals surface area contributed by atoms with Crippen LogP contribution in [-0.4, -0.2) is 27.6 Å². The van der Waals surface area contributed by atoms with Crippen LogP contribution in [0.25, 0.3) is 0 Å². The van der Waals surface area contributed by atoms with Crippen LogP contribution in [0.2, 0.25) is 0 Å². The third-order valence-electron chi connectivity index (χ3n) is 3.34. The molecule has 4 nitrogen and oxygen atoms in total. The zero-order chi connectivity index (χ0) is 15.2. The second-order valence-corrected chi connectivity index (χ2v) is 4.72. The van der Waals surface area contributed by atoms with E-state index in [1.165, 1.54) is 0 Å². The van der Waals surface area contributed by atoms with Crippen LogP contribution in [0, 0.1) is 0 Å². The molecule has 0 heterocycles. The highest BCUT2D eigenvalue weighted by atomic mass is 16.5. The highest BCUT2D eigenvalue weighted by Crippen LogP contribution is 2.29. The average molecular weight is 285 g/mol. The van der Waals surface area contributed by atoms with Crippen molar-refractivity contribution in [1.29, 1.82) is 0 Å². The summed E-state index contributed by atoms with van der Waals surface area (Å²) in [7, 11) is 5.26. The van der Waals surface area contributed by atoms with E-state index in [1.807, 2.05) is 43.4 Å². The number of hydrogen-bond acceptors (Lipinski definition) is 4. The molecule has 0 aliphatic carbocycles. The smallest absolute Gasteiger partial charge is 0.150 e. The minimum atomic E-state index is 0.616. The Hall–Kier alpha value is -2.49. The number of carbonyl (C=O) groups is 1. The van der Waals surface area contributed by atoms with E-state index >= 15 is 0 Å². The summed E-state index contributed by atoms with van der Waals surface area (Å²) in [5.74, 6) is 1.58. The minimum absolute atomic E-state index is 0.616. The first kappa shape index (κ1) is 14.9. The standard InChI is InChI=1S/C17H19NO3/c1-18(15-6-4-5-7-17(15)21-3)11-14-10-13(12-19)8-9-16(14)20-2/h4-10,12H,11H2,1-3H3. The molecule has 0 N–H and O–H groups in total. The first-order valence-electron chi connectivity index (χ1n) is 6.66.